The maximum absolute atomic E-state index is 13.3. The number of anilines is 2. The van der Waals surface area contributed by atoms with Crippen molar-refractivity contribution in [3.05, 3.63) is 82.9 Å². The topological polar surface area (TPSA) is 98.9 Å². The standard InChI is InChI=1S/C26H24BrN7O2/c1-16-24(17-12-29-33(2)14-17)32-34(19-7-5-4-6-8-19)25(16)31-26(35)30-23-10-9-22(27)21-13-28-18(15-36-3)11-20(21)23/h4-14H,15H2,1-3H3,(H2,30,31,35). The predicted molar refractivity (Wildman–Crippen MR) is 143 cm³/mol. The first kappa shape index (κ1) is 23.7. The van der Waals surface area contributed by atoms with Crippen molar-refractivity contribution in [1.29, 1.82) is 0 Å². The number of hydrogen-bond donors (Lipinski definition) is 2. The third-order valence-electron chi connectivity index (χ3n) is 5.78. The maximum atomic E-state index is 13.3. The zero-order valence-electron chi connectivity index (χ0n) is 20.0. The Morgan fingerprint density at radius 2 is 1.89 bits per heavy atom. The number of hydrogen-bond acceptors (Lipinski definition) is 5. The first-order valence-corrected chi connectivity index (χ1v) is 12.0. The molecular formula is C26H24BrN7O2. The zero-order chi connectivity index (χ0) is 25.2. The second-order valence-corrected chi connectivity index (χ2v) is 9.15. The number of fused-ring (bicyclic) bond motifs is 1. The van der Waals surface area contributed by atoms with Crippen LogP contribution >= 0.6 is 15.9 Å². The summed E-state index contributed by atoms with van der Waals surface area (Å²) in [5.41, 5.74) is 4.69. The number of para-hydroxylation sites is 1. The molecule has 0 aliphatic rings. The van der Waals surface area contributed by atoms with Gasteiger partial charge in [-0.3, -0.25) is 15.0 Å². The molecule has 3 heterocycles. The summed E-state index contributed by atoms with van der Waals surface area (Å²) in [5.74, 6) is 0.570. The summed E-state index contributed by atoms with van der Waals surface area (Å²) >= 11 is 3.57. The van der Waals surface area contributed by atoms with E-state index in [1.807, 2.05) is 68.7 Å². The molecule has 0 unspecified atom stereocenters. The van der Waals surface area contributed by atoms with Gasteiger partial charge >= 0.3 is 6.03 Å². The van der Waals surface area contributed by atoms with Crippen LogP contribution in [-0.4, -0.2) is 37.7 Å². The van der Waals surface area contributed by atoms with E-state index in [9.17, 15) is 4.79 Å². The van der Waals surface area contributed by atoms with Crippen molar-refractivity contribution in [2.75, 3.05) is 17.7 Å². The second-order valence-electron chi connectivity index (χ2n) is 8.30. The van der Waals surface area contributed by atoms with Gasteiger partial charge in [0, 0.05) is 52.9 Å². The number of ether oxygens (including phenoxy) is 1. The van der Waals surface area contributed by atoms with Gasteiger partial charge in [-0.25, -0.2) is 9.48 Å². The van der Waals surface area contributed by atoms with E-state index in [0.717, 1.165) is 43.4 Å². The lowest BCUT2D eigenvalue weighted by Crippen LogP contribution is -2.22. The Bertz CT molecular complexity index is 1560. The molecule has 10 heteroatoms. The highest BCUT2D eigenvalue weighted by Gasteiger charge is 2.20. The molecule has 9 nitrogen and oxygen atoms in total. The summed E-state index contributed by atoms with van der Waals surface area (Å²) in [6.07, 6.45) is 5.42. The monoisotopic (exact) mass is 545 g/mol. The van der Waals surface area contributed by atoms with Crippen molar-refractivity contribution in [1.82, 2.24) is 24.5 Å². The number of urea groups is 1. The molecule has 2 amide bonds. The van der Waals surface area contributed by atoms with Gasteiger partial charge in [-0.1, -0.05) is 34.1 Å². The van der Waals surface area contributed by atoms with Gasteiger partial charge in [0.05, 0.1) is 29.9 Å². The van der Waals surface area contributed by atoms with Gasteiger partial charge in [-0.2, -0.15) is 10.2 Å². The van der Waals surface area contributed by atoms with Gasteiger partial charge in [-0.15, -0.1) is 0 Å². The molecule has 182 valence electrons. The average Bonchev–Trinajstić information content (AvgIpc) is 3.45. The third kappa shape index (κ3) is 4.60. The van der Waals surface area contributed by atoms with Gasteiger partial charge in [-0.05, 0) is 37.3 Å². The largest absolute Gasteiger partial charge is 0.378 e. The molecule has 0 radical (unpaired) electrons. The maximum Gasteiger partial charge on any atom is 0.324 e. The van der Waals surface area contributed by atoms with E-state index in [4.69, 9.17) is 9.84 Å². The van der Waals surface area contributed by atoms with Crippen LogP contribution in [0.4, 0.5) is 16.3 Å². The second kappa shape index (κ2) is 9.92. The molecule has 36 heavy (non-hydrogen) atoms. The number of amides is 2. The van der Waals surface area contributed by atoms with E-state index in [1.165, 1.54) is 0 Å². The number of aromatic nitrogens is 5. The Hall–Kier alpha value is -4.02. The summed E-state index contributed by atoms with van der Waals surface area (Å²) in [4.78, 5) is 17.7. The van der Waals surface area contributed by atoms with Gasteiger partial charge in [0.1, 0.15) is 11.5 Å². The molecule has 5 aromatic rings. The fraction of sp³-hybridized carbons (Fsp3) is 0.154. The lowest BCUT2D eigenvalue weighted by Gasteiger charge is -2.13. The van der Waals surface area contributed by atoms with Crippen LogP contribution in [0.5, 0.6) is 0 Å². The smallest absolute Gasteiger partial charge is 0.324 e. The minimum absolute atomic E-state index is 0.376. The van der Waals surface area contributed by atoms with E-state index >= 15 is 0 Å². The highest BCUT2D eigenvalue weighted by Crippen LogP contribution is 2.32. The quantitative estimate of drug-likeness (QED) is 0.286. The van der Waals surface area contributed by atoms with Crippen LogP contribution in [0.1, 0.15) is 11.3 Å². The van der Waals surface area contributed by atoms with Crippen LogP contribution in [0.25, 0.3) is 27.7 Å². The number of aryl methyl sites for hydroxylation is 1. The van der Waals surface area contributed by atoms with Gasteiger partial charge in [0.15, 0.2) is 0 Å². The molecule has 0 spiro atoms. The lowest BCUT2D eigenvalue weighted by atomic mass is 10.1. The highest BCUT2D eigenvalue weighted by atomic mass is 79.9. The van der Waals surface area contributed by atoms with Crippen LogP contribution in [0.3, 0.4) is 0 Å². The molecule has 0 fully saturated rings. The average molecular weight is 546 g/mol. The number of halogens is 1. The van der Waals surface area contributed by atoms with Crippen LogP contribution in [0, 0.1) is 6.92 Å². The minimum atomic E-state index is -0.387. The number of carbonyl (C=O) groups excluding carboxylic acids is 1. The fourth-order valence-electron chi connectivity index (χ4n) is 4.06. The lowest BCUT2D eigenvalue weighted by molar-refractivity contribution is 0.181. The first-order valence-electron chi connectivity index (χ1n) is 11.2. The van der Waals surface area contributed by atoms with Gasteiger partial charge < -0.3 is 10.1 Å². The Morgan fingerprint density at radius 1 is 1.08 bits per heavy atom. The number of nitrogens with one attached hydrogen (secondary N) is 2. The summed E-state index contributed by atoms with van der Waals surface area (Å²) in [7, 11) is 3.48. The molecule has 0 saturated heterocycles. The molecular weight excluding hydrogens is 522 g/mol. The van der Waals surface area contributed by atoms with Crippen LogP contribution in [-0.2, 0) is 18.4 Å². The number of carbonyl (C=O) groups is 1. The summed E-state index contributed by atoms with van der Waals surface area (Å²) in [6, 6.07) is 14.9. The minimum Gasteiger partial charge on any atom is -0.378 e. The third-order valence-corrected chi connectivity index (χ3v) is 6.47. The molecule has 0 bridgehead atoms. The van der Waals surface area contributed by atoms with Crippen molar-refractivity contribution < 1.29 is 9.53 Å². The summed E-state index contributed by atoms with van der Waals surface area (Å²) in [5, 5.41) is 16.8. The molecule has 0 aliphatic heterocycles. The Kier molecular flexibility index (Phi) is 6.53. The Balaban J connectivity index is 1.51. The number of benzene rings is 2. The van der Waals surface area contributed by atoms with Crippen molar-refractivity contribution in [3.63, 3.8) is 0 Å². The van der Waals surface area contributed by atoms with Crippen molar-refractivity contribution >= 4 is 44.2 Å². The van der Waals surface area contributed by atoms with E-state index < -0.39 is 0 Å². The normalized spacial score (nSPS) is 11.1. The van der Waals surface area contributed by atoms with Gasteiger partial charge in [0.25, 0.3) is 0 Å². The van der Waals surface area contributed by atoms with Gasteiger partial charge in [0.2, 0.25) is 0 Å². The van der Waals surface area contributed by atoms with Crippen molar-refractivity contribution in [2.24, 2.45) is 7.05 Å². The van der Waals surface area contributed by atoms with E-state index in [2.05, 4.69) is 36.6 Å². The zero-order valence-corrected chi connectivity index (χ0v) is 21.6. The molecule has 2 N–H and O–H groups in total. The fourth-order valence-corrected chi connectivity index (χ4v) is 4.51. The van der Waals surface area contributed by atoms with Crippen LogP contribution in [0.2, 0.25) is 0 Å². The number of nitrogens with zero attached hydrogens (tertiary/aromatic N) is 5. The van der Waals surface area contributed by atoms with Crippen molar-refractivity contribution in [2.45, 2.75) is 13.5 Å². The van der Waals surface area contributed by atoms with Crippen LogP contribution < -0.4 is 10.6 Å². The van der Waals surface area contributed by atoms with E-state index in [-0.39, 0.29) is 6.03 Å². The Labute approximate surface area is 216 Å². The number of pyridine rings is 1. The summed E-state index contributed by atoms with van der Waals surface area (Å²) < 4.78 is 9.57. The van der Waals surface area contributed by atoms with Crippen LogP contribution in [0.15, 0.2) is 71.6 Å². The molecule has 0 atom stereocenters. The molecule has 0 aliphatic carbocycles. The summed E-state index contributed by atoms with van der Waals surface area (Å²) in [6.45, 7) is 2.31. The first-order chi connectivity index (χ1) is 17.4. The molecule has 0 saturated carbocycles. The molecule has 2 aromatic carbocycles. The number of methoxy groups -OCH3 is 1. The Morgan fingerprint density at radius 3 is 2.61 bits per heavy atom. The highest BCUT2D eigenvalue weighted by molar-refractivity contribution is 9.10. The number of rotatable bonds is 6. The SMILES string of the molecule is COCc1cc2c(NC(=O)Nc3c(C)c(-c4cnn(C)c4)nn3-c3ccccc3)ccc(Br)c2cn1. The molecule has 3 aromatic heterocycles. The van der Waals surface area contributed by atoms with E-state index in [1.54, 1.807) is 28.9 Å². The van der Waals surface area contributed by atoms with E-state index in [0.29, 0.717) is 18.1 Å². The van der Waals surface area contributed by atoms with Crippen molar-refractivity contribution in [3.8, 4) is 16.9 Å². The predicted octanol–water partition coefficient (Wildman–Crippen LogP) is 5.68. The molecule has 5 rings (SSSR count).